The van der Waals surface area contributed by atoms with Crippen LogP contribution in [0.1, 0.15) is 72.6 Å². The highest BCUT2D eigenvalue weighted by Gasteiger charge is 2.43. The van der Waals surface area contributed by atoms with Crippen LogP contribution in [0.15, 0.2) is 0 Å². The van der Waals surface area contributed by atoms with Gasteiger partial charge in [0.15, 0.2) is 6.10 Å². The highest BCUT2D eigenvalue weighted by molar-refractivity contribution is 5.76. The number of hydrogen-bond donors (Lipinski definition) is 2. The quantitative estimate of drug-likeness (QED) is 0.502. The molecule has 0 saturated carbocycles. The van der Waals surface area contributed by atoms with E-state index in [4.69, 9.17) is 9.47 Å². The molecule has 0 aromatic carbocycles. The maximum Gasteiger partial charge on any atom is 0.336 e. The molecule has 0 radical (unpaired) electrons. The van der Waals surface area contributed by atoms with E-state index in [1.54, 1.807) is 20.8 Å². The molecule has 136 valence electrons. The van der Waals surface area contributed by atoms with Gasteiger partial charge < -0.3 is 19.7 Å². The van der Waals surface area contributed by atoms with Crippen LogP contribution in [0.25, 0.3) is 0 Å². The van der Waals surface area contributed by atoms with Gasteiger partial charge in [0.1, 0.15) is 5.60 Å². The van der Waals surface area contributed by atoms with Crippen LogP contribution < -0.4 is 0 Å². The molecule has 4 atom stereocenters. The summed E-state index contributed by atoms with van der Waals surface area (Å²) in [6.45, 7) is 7.98. The molecule has 1 aliphatic rings. The number of carbonyl (C=O) groups is 1. The van der Waals surface area contributed by atoms with Crippen molar-refractivity contribution in [2.24, 2.45) is 5.92 Å². The van der Waals surface area contributed by atoms with Gasteiger partial charge in [-0.1, -0.05) is 39.0 Å². The maximum absolute atomic E-state index is 12.2. The first kappa shape index (κ1) is 20.4. The zero-order valence-electron chi connectivity index (χ0n) is 15.1. The van der Waals surface area contributed by atoms with E-state index in [9.17, 15) is 15.0 Å². The molecule has 0 aromatic rings. The van der Waals surface area contributed by atoms with Gasteiger partial charge in [-0.15, -0.1) is 0 Å². The summed E-state index contributed by atoms with van der Waals surface area (Å²) in [5.41, 5.74) is -0.587. The van der Waals surface area contributed by atoms with Crippen molar-refractivity contribution in [2.45, 2.75) is 96.6 Å². The van der Waals surface area contributed by atoms with Crippen molar-refractivity contribution in [3.63, 3.8) is 0 Å². The van der Waals surface area contributed by atoms with E-state index in [-0.39, 0.29) is 0 Å². The van der Waals surface area contributed by atoms with Gasteiger partial charge in [0.05, 0.1) is 12.2 Å². The van der Waals surface area contributed by atoms with Crippen LogP contribution in [0.4, 0.5) is 0 Å². The van der Waals surface area contributed by atoms with Crippen LogP contribution in [-0.2, 0) is 14.3 Å². The first-order valence-corrected chi connectivity index (χ1v) is 8.97. The minimum Gasteiger partial charge on any atom is -0.458 e. The van der Waals surface area contributed by atoms with Crippen molar-refractivity contribution in [1.29, 1.82) is 0 Å². The van der Waals surface area contributed by atoms with E-state index in [1.165, 1.54) is 12.8 Å². The Labute approximate surface area is 140 Å². The number of hydrogen-bond acceptors (Lipinski definition) is 5. The predicted octanol–water partition coefficient (Wildman–Crippen LogP) is 2.82. The molecule has 0 unspecified atom stereocenters. The summed E-state index contributed by atoms with van der Waals surface area (Å²) in [7, 11) is 0. The predicted molar refractivity (Wildman–Crippen MR) is 89.1 cm³/mol. The molecule has 5 nitrogen and oxygen atoms in total. The van der Waals surface area contributed by atoms with E-state index in [1.807, 2.05) is 0 Å². The lowest BCUT2D eigenvalue weighted by Crippen LogP contribution is -2.43. The van der Waals surface area contributed by atoms with Gasteiger partial charge >= 0.3 is 5.97 Å². The number of aliphatic hydroxyl groups excluding tert-OH is 2. The largest absolute Gasteiger partial charge is 0.458 e. The Morgan fingerprint density at radius 3 is 2.48 bits per heavy atom. The van der Waals surface area contributed by atoms with Gasteiger partial charge in [-0.25, -0.2) is 4.79 Å². The van der Waals surface area contributed by atoms with Crippen molar-refractivity contribution in [2.75, 3.05) is 6.61 Å². The number of carbonyl (C=O) groups excluding carboxylic acids is 1. The van der Waals surface area contributed by atoms with Crippen LogP contribution in [0.5, 0.6) is 0 Å². The van der Waals surface area contributed by atoms with E-state index in [2.05, 4.69) is 6.92 Å². The number of unbranched alkanes of at least 4 members (excludes halogenated alkanes) is 4. The third-order valence-corrected chi connectivity index (χ3v) is 4.21. The van der Waals surface area contributed by atoms with Crippen molar-refractivity contribution >= 4 is 5.97 Å². The van der Waals surface area contributed by atoms with Gasteiger partial charge in [-0.3, -0.25) is 0 Å². The molecular formula is C18H34O5. The van der Waals surface area contributed by atoms with Crippen molar-refractivity contribution < 1.29 is 24.5 Å². The molecule has 23 heavy (non-hydrogen) atoms. The van der Waals surface area contributed by atoms with Crippen LogP contribution in [-0.4, -0.2) is 46.7 Å². The van der Waals surface area contributed by atoms with Crippen molar-refractivity contribution in [3.05, 3.63) is 0 Å². The Morgan fingerprint density at radius 2 is 1.87 bits per heavy atom. The summed E-state index contributed by atoms with van der Waals surface area (Å²) in [5.74, 6) is -0.843. The summed E-state index contributed by atoms with van der Waals surface area (Å²) in [5, 5.41) is 20.6. The monoisotopic (exact) mass is 330 g/mol. The van der Waals surface area contributed by atoms with Crippen molar-refractivity contribution in [3.8, 4) is 0 Å². The first-order valence-electron chi connectivity index (χ1n) is 8.97. The fourth-order valence-corrected chi connectivity index (χ4v) is 2.97. The first-order chi connectivity index (χ1) is 10.8. The molecular weight excluding hydrogens is 296 g/mol. The summed E-state index contributed by atoms with van der Waals surface area (Å²) < 4.78 is 10.8. The highest BCUT2D eigenvalue weighted by Crippen LogP contribution is 2.29. The van der Waals surface area contributed by atoms with Gasteiger partial charge in [0.25, 0.3) is 0 Å². The van der Waals surface area contributed by atoms with E-state index in [0.717, 1.165) is 19.3 Å². The van der Waals surface area contributed by atoms with Gasteiger partial charge in [0, 0.05) is 12.5 Å². The van der Waals surface area contributed by atoms with Crippen LogP contribution in [0, 0.1) is 5.92 Å². The number of rotatable bonds is 9. The Hall–Kier alpha value is -0.650. The lowest BCUT2D eigenvalue weighted by Gasteiger charge is -2.28. The van der Waals surface area contributed by atoms with Crippen LogP contribution >= 0.6 is 0 Å². The fraction of sp³-hybridized carbons (Fsp3) is 0.944. The summed E-state index contributed by atoms with van der Waals surface area (Å²) in [4.78, 5) is 12.2. The number of aliphatic hydroxyl groups is 2. The highest BCUT2D eigenvalue weighted by atomic mass is 16.6. The number of ether oxygens (including phenoxy) is 2. The third-order valence-electron chi connectivity index (χ3n) is 4.21. The van der Waals surface area contributed by atoms with E-state index >= 15 is 0 Å². The Bertz CT molecular complexity index is 350. The normalized spacial score (nSPS) is 24.4. The summed E-state index contributed by atoms with van der Waals surface area (Å²) in [6.07, 6.45) is 4.09. The lowest BCUT2D eigenvalue weighted by atomic mass is 9.89. The second-order valence-electron chi connectivity index (χ2n) is 7.54. The Kier molecular flexibility index (Phi) is 8.51. The molecule has 1 fully saturated rings. The third kappa shape index (κ3) is 7.19. The second-order valence-corrected chi connectivity index (χ2v) is 7.54. The standard InChI is InChI=1S/C18H34O5/c1-5-6-7-8-9-10-14(19)15(20)13-11-12-22-16(13)17(21)23-18(2,3)4/h13-16,19-20H,5-12H2,1-4H3/t13-,14+,15-,16-/m1/s1. The van der Waals surface area contributed by atoms with Gasteiger partial charge in [0.2, 0.25) is 0 Å². The van der Waals surface area contributed by atoms with E-state index in [0.29, 0.717) is 19.4 Å². The molecule has 1 rings (SSSR count). The molecule has 0 amide bonds. The SMILES string of the molecule is CCCCCCC[C@H](O)[C@H](O)[C@H]1CCO[C@H]1C(=O)OC(C)(C)C. The smallest absolute Gasteiger partial charge is 0.336 e. The second kappa shape index (κ2) is 9.60. The molecule has 1 saturated heterocycles. The Balaban J connectivity index is 2.46. The lowest BCUT2D eigenvalue weighted by molar-refractivity contribution is -0.170. The molecule has 0 aromatic heterocycles. The zero-order valence-corrected chi connectivity index (χ0v) is 15.1. The van der Waals surface area contributed by atoms with Crippen LogP contribution in [0.3, 0.4) is 0 Å². The fourth-order valence-electron chi connectivity index (χ4n) is 2.97. The summed E-state index contributed by atoms with van der Waals surface area (Å²) in [6, 6.07) is 0. The molecule has 0 bridgehead atoms. The molecule has 1 aliphatic heterocycles. The van der Waals surface area contributed by atoms with Crippen LogP contribution in [0.2, 0.25) is 0 Å². The van der Waals surface area contributed by atoms with Crippen molar-refractivity contribution in [1.82, 2.24) is 0 Å². The molecule has 5 heteroatoms. The molecule has 0 spiro atoms. The molecule has 0 aliphatic carbocycles. The van der Waals surface area contributed by atoms with Gasteiger partial charge in [-0.2, -0.15) is 0 Å². The van der Waals surface area contributed by atoms with Gasteiger partial charge in [-0.05, 0) is 33.6 Å². The zero-order chi connectivity index (χ0) is 17.5. The van der Waals surface area contributed by atoms with E-state index < -0.39 is 35.8 Å². The number of esters is 1. The molecule has 1 heterocycles. The average molecular weight is 330 g/mol. The maximum atomic E-state index is 12.2. The minimum atomic E-state index is -0.943. The molecule has 2 N–H and O–H groups in total. The minimum absolute atomic E-state index is 0.393. The topological polar surface area (TPSA) is 76.0 Å². The Morgan fingerprint density at radius 1 is 1.22 bits per heavy atom. The summed E-state index contributed by atoms with van der Waals surface area (Å²) >= 11 is 0. The average Bonchev–Trinajstić information content (AvgIpc) is 2.93.